The number of hydrogen-bond donors (Lipinski definition) is 0. The highest BCUT2D eigenvalue weighted by atomic mass is 32.2. The molecule has 0 unspecified atom stereocenters. The zero-order valence-electron chi connectivity index (χ0n) is 13.1. The molecule has 0 bridgehead atoms. The van der Waals surface area contributed by atoms with E-state index in [0.29, 0.717) is 5.92 Å². The van der Waals surface area contributed by atoms with E-state index in [2.05, 4.69) is 45.4 Å². The van der Waals surface area contributed by atoms with Crippen molar-refractivity contribution in [3.63, 3.8) is 0 Å². The highest BCUT2D eigenvalue weighted by Crippen LogP contribution is 2.28. The van der Waals surface area contributed by atoms with Gasteiger partial charge in [-0.2, -0.15) is 16.9 Å². The number of rotatable bonds is 3. The Kier molecular flexibility index (Phi) is 4.37. The van der Waals surface area contributed by atoms with Crippen LogP contribution in [0.25, 0.3) is 0 Å². The van der Waals surface area contributed by atoms with Crippen LogP contribution in [-0.2, 0) is 12.8 Å². The molecule has 2 aliphatic heterocycles. The van der Waals surface area contributed by atoms with Gasteiger partial charge in [-0.25, -0.2) is 0 Å². The fourth-order valence-corrected chi connectivity index (χ4v) is 4.14. The second-order valence-corrected chi connectivity index (χ2v) is 7.40. The van der Waals surface area contributed by atoms with Gasteiger partial charge in [0.1, 0.15) is 5.75 Å². The molecule has 0 amide bonds. The minimum Gasteiger partial charge on any atom is -0.493 e. The van der Waals surface area contributed by atoms with Gasteiger partial charge >= 0.3 is 0 Å². The van der Waals surface area contributed by atoms with E-state index in [-0.39, 0.29) is 0 Å². The van der Waals surface area contributed by atoms with Crippen LogP contribution in [-0.4, -0.2) is 41.4 Å². The van der Waals surface area contributed by atoms with Crippen molar-refractivity contribution in [2.45, 2.75) is 12.8 Å². The van der Waals surface area contributed by atoms with Gasteiger partial charge in [-0.1, -0.05) is 18.2 Å². The van der Waals surface area contributed by atoms with E-state index < -0.39 is 0 Å². The average molecular weight is 327 g/mol. The molecule has 5 heteroatoms. The molecule has 120 valence electrons. The predicted octanol–water partition coefficient (Wildman–Crippen LogP) is 2.82. The predicted molar refractivity (Wildman–Crippen MR) is 94.4 cm³/mol. The molecule has 3 heterocycles. The maximum Gasteiger partial charge on any atom is 0.151 e. The van der Waals surface area contributed by atoms with Crippen molar-refractivity contribution in [2.75, 3.05) is 36.1 Å². The minimum atomic E-state index is 0.483. The van der Waals surface area contributed by atoms with E-state index in [1.165, 1.54) is 17.1 Å². The summed E-state index contributed by atoms with van der Waals surface area (Å²) in [4.78, 5) is 2.33. The lowest BCUT2D eigenvalue weighted by Gasteiger charge is -2.27. The topological polar surface area (TPSA) is 38.2 Å². The molecule has 1 atom stereocenters. The van der Waals surface area contributed by atoms with Crippen LogP contribution >= 0.6 is 11.8 Å². The zero-order chi connectivity index (χ0) is 15.5. The first kappa shape index (κ1) is 14.8. The molecule has 4 rings (SSSR count). The number of fused-ring (bicyclic) bond motifs is 1. The molecule has 0 spiro atoms. The average Bonchev–Trinajstić information content (AvgIpc) is 2.63. The highest BCUT2D eigenvalue weighted by molar-refractivity contribution is 7.99. The summed E-state index contributed by atoms with van der Waals surface area (Å²) in [5.74, 6) is 4.90. The molecule has 23 heavy (non-hydrogen) atoms. The molecule has 0 radical (unpaired) electrons. The Morgan fingerprint density at radius 1 is 1.09 bits per heavy atom. The van der Waals surface area contributed by atoms with Gasteiger partial charge in [0, 0.05) is 30.5 Å². The van der Waals surface area contributed by atoms with Crippen molar-refractivity contribution in [3.05, 3.63) is 47.7 Å². The number of benzene rings is 1. The van der Waals surface area contributed by atoms with Crippen LogP contribution in [0.3, 0.4) is 0 Å². The number of nitrogens with zero attached hydrogens (tertiary/aromatic N) is 3. The standard InChI is InChI=1S/C18H21N3OS/c1-2-4-17-15(3-1)11-14(13-22-17)12-16-5-6-18(20-19-16)21-7-9-23-10-8-21/h1-6,14H,7-13H2/t14-/m1/s1. The van der Waals surface area contributed by atoms with Gasteiger partial charge in [-0.05, 0) is 36.6 Å². The SMILES string of the molecule is c1ccc2c(c1)C[C@H](Cc1ccc(N3CCSCC3)nn1)CO2. The summed E-state index contributed by atoms with van der Waals surface area (Å²) in [6, 6.07) is 12.6. The van der Waals surface area contributed by atoms with E-state index in [9.17, 15) is 0 Å². The fraction of sp³-hybridized carbons (Fsp3) is 0.444. The lowest BCUT2D eigenvalue weighted by atomic mass is 9.93. The normalized spacial score (nSPS) is 20.7. The van der Waals surface area contributed by atoms with E-state index in [1.54, 1.807) is 0 Å². The fourth-order valence-electron chi connectivity index (χ4n) is 3.24. The van der Waals surface area contributed by atoms with Crippen molar-refractivity contribution in [2.24, 2.45) is 5.92 Å². The highest BCUT2D eigenvalue weighted by Gasteiger charge is 2.20. The Morgan fingerprint density at radius 2 is 1.96 bits per heavy atom. The Morgan fingerprint density at radius 3 is 2.78 bits per heavy atom. The molecular weight excluding hydrogens is 306 g/mol. The Bertz CT molecular complexity index is 656. The molecule has 1 aromatic heterocycles. The van der Waals surface area contributed by atoms with Crippen molar-refractivity contribution >= 4 is 17.6 Å². The number of ether oxygens (including phenoxy) is 1. The van der Waals surface area contributed by atoms with Crippen LogP contribution in [0, 0.1) is 5.92 Å². The van der Waals surface area contributed by atoms with Crippen LogP contribution < -0.4 is 9.64 Å². The summed E-state index contributed by atoms with van der Waals surface area (Å²) in [6.45, 7) is 2.92. The number of aromatic nitrogens is 2. The van der Waals surface area contributed by atoms with E-state index >= 15 is 0 Å². The van der Waals surface area contributed by atoms with Gasteiger partial charge in [0.15, 0.2) is 5.82 Å². The molecule has 1 saturated heterocycles. The number of thioether (sulfide) groups is 1. The summed E-state index contributed by atoms with van der Waals surface area (Å²) < 4.78 is 5.87. The first-order valence-corrected chi connectivity index (χ1v) is 9.40. The number of hydrogen-bond acceptors (Lipinski definition) is 5. The summed E-state index contributed by atoms with van der Waals surface area (Å²) in [7, 11) is 0. The Hall–Kier alpha value is -1.75. The number of anilines is 1. The molecule has 2 aromatic rings. The third kappa shape index (κ3) is 3.44. The van der Waals surface area contributed by atoms with Crippen molar-refractivity contribution in [3.8, 4) is 5.75 Å². The Labute approximate surface area is 141 Å². The molecule has 1 aromatic carbocycles. The second-order valence-electron chi connectivity index (χ2n) is 6.18. The largest absolute Gasteiger partial charge is 0.493 e. The third-order valence-electron chi connectivity index (χ3n) is 4.49. The van der Waals surface area contributed by atoms with Gasteiger partial charge in [-0.15, -0.1) is 5.10 Å². The van der Waals surface area contributed by atoms with Crippen molar-refractivity contribution < 1.29 is 4.74 Å². The third-order valence-corrected chi connectivity index (χ3v) is 5.44. The second kappa shape index (κ2) is 6.79. The maximum absolute atomic E-state index is 5.87. The van der Waals surface area contributed by atoms with Gasteiger partial charge in [-0.3, -0.25) is 0 Å². The monoisotopic (exact) mass is 327 g/mol. The van der Waals surface area contributed by atoms with E-state index in [4.69, 9.17) is 4.74 Å². The molecular formula is C18H21N3OS. The lowest BCUT2D eigenvalue weighted by Crippen LogP contribution is -2.33. The molecule has 1 fully saturated rings. The van der Waals surface area contributed by atoms with Crippen molar-refractivity contribution in [1.82, 2.24) is 10.2 Å². The summed E-state index contributed by atoms with van der Waals surface area (Å²) in [5, 5.41) is 8.89. The van der Waals surface area contributed by atoms with Crippen molar-refractivity contribution in [1.29, 1.82) is 0 Å². The van der Waals surface area contributed by atoms with Crippen LogP contribution in [0.4, 0.5) is 5.82 Å². The Balaban J connectivity index is 1.40. The first-order valence-electron chi connectivity index (χ1n) is 8.24. The lowest BCUT2D eigenvalue weighted by molar-refractivity contribution is 0.220. The maximum atomic E-state index is 5.87. The van der Waals surface area contributed by atoms with Crippen LogP contribution in [0.2, 0.25) is 0 Å². The van der Waals surface area contributed by atoms with Crippen LogP contribution in [0.1, 0.15) is 11.3 Å². The first-order chi connectivity index (χ1) is 11.4. The van der Waals surface area contributed by atoms with Crippen LogP contribution in [0.5, 0.6) is 5.75 Å². The zero-order valence-corrected chi connectivity index (χ0v) is 14.0. The van der Waals surface area contributed by atoms with Crippen LogP contribution in [0.15, 0.2) is 36.4 Å². The molecule has 4 nitrogen and oxygen atoms in total. The van der Waals surface area contributed by atoms with Gasteiger partial charge in [0.2, 0.25) is 0 Å². The summed E-state index contributed by atoms with van der Waals surface area (Å²) in [6.07, 6.45) is 1.99. The molecule has 0 saturated carbocycles. The summed E-state index contributed by atoms with van der Waals surface area (Å²) >= 11 is 2.01. The molecule has 0 aliphatic carbocycles. The van der Waals surface area contributed by atoms with E-state index in [1.807, 2.05) is 17.8 Å². The molecule has 2 aliphatic rings. The smallest absolute Gasteiger partial charge is 0.151 e. The number of para-hydroxylation sites is 1. The molecule has 0 N–H and O–H groups in total. The van der Waals surface area contributed by atoms with Gasteiger partial charge in [0.25, 0.3) is 0 Å². The van der Waals surface area contributed by atoms with Gasteiger partial charge in [0.05, 0.1) is 12.3 Å². The quantitative estimate of drug-likeness (QED) is 0.867. The van der Waals surface area contributed by atoms with E-state index in [0.717, 1.165) is 49.8 Å². The minimum absolute atomic E-state index is 0.483. The van der Waals surface area contributed by atoms with Gasteiger partial charge < -0.3 is 9.64 Å². The summed E-state index contributed by atoms with van der Waals surface area (Å²) in [5.41, 5.74) is 2.37.